The lowest BCUT2D eigenvalue weighted by Gasteiger charge is -2.25. The molecule has 1 saturated heterocycles. The van der Waals surface area contributed by atoms with E-state index in [4.69, 9.17) is 5.11 Å². The fourth-order valence-electron chi connectivity index (χ4n) is 2.45. The number of carboxylic acid groups (broad SMARTS) is 1. The zero-order chi connectivity index (χ0) is 16.2. The van der Waals surface area contributed by atoms with Gasteiger partial charge in [-0.2, -0.15) is 13.2 Å². The molecule has 1 aliphatic rings. The summed E-state index contributed by atoms with van der Waals surface area (Å²) in [6.07, 6.45) is -5.13. The van der Waals surface area contributed by atoms with Gasteiger partial charge in [-0.3, -0.25) is 9.59 Å². The maximum absolute atomic E-state index is 12.9. The van der Waals surface area contributed by atoms with Gasteiger partial charge in [0.15, 0.2) is 0 Å². The Morgan fingerprint density at radius 1 is 1.33 bits per heavy atom. The van der Waals surface area contributed by atoms with Gasteiger partial charge < -0.3 is 10.0 Å². The standard InChI is InChI=1S/C13H18F3NO4/c1-2-4-10(18)8(13(14,15)16)7-11(19)17-6-3-5-9(17)12(20)21/h8-9H,2-7H2,1H3,(H,20,21)/t8?,9-/m0/s1. The van der Waals surface area contributed by atoms with Crippen molar-refractivity contribution < 1.29 is 32.7 Å². The first-order chi connectivity index (χ1) is 9.68. The molecule has 0 aromatic rings. The molecule has 1 rings (SSSR count). The summed E-state index contributed by atoms with van der Waals surface area (Å²) in [5, 5.41) is 8.94. The van der Waals surface area contributed by atoms with Gasteiger partial charge >= 0.3 is 12.1 Å². The van der Waals surface area contributed by atoms with Gasteiger partial charge in [-0.25, -0.2) is 4.79 Å². The highest BCUT2D eigenvalue weighted by Crippen LogP contribution is 2.32. The number of hydrogen-bond acceptors (Lipinski definition) is 3. The maximum atomic E-state index is 12.9. The highest BCUT2D eigenvalue weighted by molar-refractivity contribution is 5.89. The highest BCUT2D eigenvalue weighted by Gasteiger charge is 2.46. The summed E-state index contributed by atoms with van der Waals surface area (Å²) >= 11 is 0. The summed E-state index contributed by atoms with van der Waals surface area (Å²) in [7, 11) is 0. The number of amides is 1. The van der Waals surface area contributed by atoms with Crippen LogP contribution in [0.3, 0.4) is 0 Å². The van der Waals surface area contributed by atoms with Gasteiger partial charge in [0.05, 0.1) is 0 Å². The average Bonchev–Trinajstić information content (AvgIpc) is 2.83. The molecule has 0 saturated carbocycles. The van der Waals surface area contributed by atoms with Crippen molar-refractivity contribution in [3.63, 3.8) is 0 Å². The number of carbonyl (C=O) groups excluding carboxylic acids is 2. The summed E-state index contributed by atoms with van der Waals surface area (Å²) in [6.45, 7) is 1.69. The van der Waals surface area contributed by atoms with E-state index in [1.807, 2.05) is 0 Å². The Hall–Kier alpha value is -1.60. The summed E-state index contributed by atoms with van der Waals surface area (Å²) in [5.41, 5.74) is 0. The molecule has 0 spiro atoms. The number of alkyl halides is 3. The molecule has 1 amide bonds. The Kier molecular flexibility index (Phi) is 5.74. The summed E-state index contributed by atoms with van der Waals surface area (Å²) in [4.78, 5) is 35.4. The van der Waals surface area contributed by atoms with Crippen molar-refractivity contribution in [2.75, 3.05) is 6.54 Å². The van der Waals surface area contributed by atoms with Crippen LogP contribution in [0.1, 0.15) is 39.0 Å². The highest BCUT2D eigenvalue weighted by atomic mass is 19.4. The summed E-state index contributed by atoms with van der Waals surface area (Å²) < 4.78 is 38.7. The van der Waals surface area contributed by atoms with Gasteiger partial charge in [-0.05, 0) is 19.3 Å². The van der Waals surface area contributed by atoms with Gasteiger partial charge in [-0.15, -0.1) is 0 Å². The van der Waals surface area contributed by atoms with Crippen LogP contribution in [0.4, 0.5) is 13.2 Å². The van der Waals surface area contributed by atoms with E-state index in [1.54, 1.807) is 6.92 Å². The third-order valence-electron chi connectivity index (χ3n) is 3.52. The molecule has 0 radical (unpaired) electrons. The first-order valence-corrected chi connectivity index (χ1v) is 6.80. The Labute approximate surface area is 120 Å². The minimum absolute atomic E-state index is 0.113. The molecule has 21 heavy (non-hydrogen) atoms. The molecule has 1 fully saturated rings. The molecule has 120 valence electrons. The molecule has 5 nitrogen and oxygen atoms in total. The summed E-state index contributed by atoms with van der Waals surface area (Å²) in [6, 6.07) is -1.09. The first kappa shape index (κ1) is 17.5. The van der Waals surface area contributed by atoms with Crippen molar-refractivity contribution in [1.82, 2.24) is 4.90 Å². The molecule has 1 heterocycles. The lowest BCUT2D eigenvalue weighted by Crippen LogP contribution is -2.43. The van der Waals surface area contributed by atoms with E-state index in [9.17, 15) is 27.6 Å². The third-order valence-corrected chi connectivity index (χ3v) is 3.52. The van der Waals surface area contributed by atoms with E-state index in [0.29, 0.717) is 6.42 Å². The van der Waals surface area contributed by atoms with Crippen LogP contribution in [0, 0.1) is 5.92 Å². The van der Waals surface area contributed by atoms with Gasteiger partial charge in [0, 0.05) is 19.4 Å². The normalized spacial score (nSPS) is 20.4. The van der Waals surface area contributed by atoms with Gasteiger partial charge in [0.1, 0.15) is 17.7 Å². The number of carboxylic acids is 1. The monoisotopic (exact) mass is 309 g/mol. The van der Waals surface area contributed by atoms with Gasteiger partial charge in [-0.1, -0.05) is 6.92 Å². The Morgan fingerprint density at radius 3 is 2.43 bits per heavy atom. The number of nitrogens with zero attached hydrogens (tertiary/aromatic N) is 1. The minimum Gasteiger partial charge on any atom is -0.480 e. The molecular formula is C13H18F3NO4. The van der Waals surface area contributed by atoms with Crippen molar-refractivity contribution in [3.05, 3.63) is 0 Å². The smallest absolute Gasteiger partial charge is 0.399 e. The quantitative estimate of drug-likeness (QED) is 0.814. The van der Waals surface area contributed by atoms with Crippen molar-refractivity contribution in [2.45, 2.75) is 51.2 Å². The molecule has 0 bridgehead atoms. The molecule has 0 aromatic heterocycles. The number of ketones is 1. The van der Waals surface area contributed by atoms with Crippen molar-refractivity contribution in [3.8, 4) is 0 Å². The number of likely N-dealkylation sites (tertiary alicyclic amines) is 1. The molecule has 0 aliphatic carbocycles. The van der Waals surface area contributed by atoms with Gasteiger partial charge in [0.25, 0.3) is 0 Å². The van der Waals surface area contributed by atoms with E-state index in [2.05, 4.69) is 0 Å². The Balaban J connectivity index is 2.81. The molecular weight excluding hydrogens is 291 g/mol. The fourth-order valence-corrected chi connectivity index (χ4v) is 2.45. The molecule has 2 atom stereocenters. The first-order valence-electron chi connectivity index (χ1n) is 6.80. The van der Waals surface area contributed by atoms with Crippen LogP contribution in [-0.2, 0) is 14.4 Å². The number of halogens is 3. The van der Waals surface area contributed by atoms with Crippen LogP contribution in [-0.4, -0.2) is 46.4 Å². The third kappa shape index (κ3) is 4.44. The lowest BCUT2D eigenvalue weighted by molar-refractivity contribution is -0.186. The molecule has 8 heteroatoms. The second-order valence-electron chi connectivity index (χ2n) is 5.10. The van der Waals surface area contributed by atoms with Gasteiger partial charge in [0.2, 0.25) is 5.91 Å². The number of rotatable bonds is 6. The van der Waals surface area contributed by atoms with E-state index >= 15 is 0 Å². The van der Waals surface area contributed by atoms with Crippen LogP contribution in [0.5, 0.6) is 0 Å². The number of hydrogen-bond donors (Lipinski definition) is 1. The van der Waals surface area contributed by atoms with Crippen molar-refractivity contribution >= 4 is 17.7 Å². The van der Waals surface area contributed by atoms with Crippen LogP contribution in [0.15, 0.2) is 0 Å². The molecule has 1 unspecified atom stereocenters. The van der Waals surface area contributed by atoms with E-state index < -0.39 is 42.2 Å². The SMILES string of the molecule is CCCC(=O)C(CC(=O)N1CCC[C@H]1C(=O)O)C(F)(F)F. The molecule has 1 N–H and O–H groups in total. The second-order valence-corrected chi connectivity index (χ2v) is 5.10. The Bertz CT molecular complexity index is 422. The zero-order valence-electron chi connectivity index (χ0n) is 11.7. The Morgan fingerprint density at radius 2 is 1.95 bits per heavy atom. The predicted molar refractivity (Wildman–Crippen MR) is 66.4 cm³/mol. The van der Waals surface area contributed by atoms with E-state index in [0.717, 1.165) is 4.90 Å². The van der Waals surface area contributed by atoms with Crippen molar-refractivity contribution in [1.29, 1.82) is 0 Å². The largest absolute Gasteiger partial charge is 0.480 e. The van der Waals surface area contributed by atoms with E-state index in [-0.39, 0.29) is 25.8 Å². The lowest BCUT2D eigenvalue weighted by atomic mass is 9.95. The number of carbonyl (C=O) groups is 3. The average molecular weight is 309 g/mol. The number of aliphatic carboxylic acids is 1. The second kappa shape index (κ2) is 6.91. The molecule has 1 aliphatic heterocycles. The van der Waals surface area contributed by atoms with Crippen LogP contribution in [0.25, 0.3) is 0 Å². The summed E-state index contributed by atoms with van der Waals surface area (Å²) in [5.74, 6) is -5.53. The minimum atomic E-state index is -4.79. The van der Waals surface area contributed by atoms with Crippen molar-refractivity contribution in [2.24, 2.45) is 5.92 Å². The predicted octanol–water partition coefficient (Wildman–Crippen LogP) is 2.00. The number of Topliss-reactive ketones (excluding diaryl/α,β-unsaturated/α-hetero) is 1. The van der Waals surface area contributed by atoms with Crippen LogP contribution < -0.4 is 0 Å². The van der Waals surface area contributed by atoms with E-state index in [1.165, 1.54) is 0 Å². The fraction of sp³-hybridized carbons (Fsp3) is 0.769. The van der Waals surface area contributed by atoms with Crippen LogP contribution >= 0.6 is 0 Å². The zero-order valence-corrected chi connectivity index (χ0v) is 11.7. The van der Waals surface area contributed by atoms with Crippen LogP contribution in [0.2, 0.25) is 0 Å². The topological polar surface area (TPSA) is 74.7 Å². The maximum Gasteiger partial charge on any atom is 0.399 e. The molecule has 0 aromatic carbocycles.